The van der Waals surface area contributed by atoms with Gasteiger partial charge in [-0.05, 0) is 74.5 Å². The predicted octanol–water partition coefficient (Wildman–Crippen LogP) is 7.62. The van der Waals surface area contributed by atoms with E-state index in [1.807, 2.05) is 0 Å². The molecule has 0 aliphatic carbocycles. The minimum atomic E-state index is 0.920. The molecule has 0 aliphatic rings. The first-order valence-corrected chi connectivity index (χ1v) is 10.1. The highest BCUT2D eigenvalue weighted by atomic mass is 15.1. The lowest BCUT2D eigenvalue weighted by molar-refractivity contribution is 1.02. The van der Waals surface area contributed by atoms with E-state index in [2.05, 4.69) is 133 Å². The fourth-order valence-electron chi connectivity index (χ4n) is 3.62. The summed E-state index contributed by atoms with van der Waals surface area (Å²) in [5.41, 5.74) is 7.14. The van der Waals surface area contributed by atoms with E-state index < -0.39 is 0 Å². The van der Waals surface area contributed by atoms with E-state index in [4.69, 9.17) is 0 Å². The van der Waals surface area contributed by atoms with Crippen LogP contribution in [0.5, 0.6) is 0 Å². The van der Waals surface area contributed by atoms with Crippen molar-refractivity contribution in [2.24, 2.45) is 0 Å². The zero-order valence-electron chi connectivity index (χ0n) is 17.0. The fraction of sp³-hybridized carbons (Fsp3) is 0.111. The van der Waals surface area contributed by atoms with Crippen molar-refractivity contribution in [3.8, 4) is 0 Å². The summed E-state index contributed by atoms with van der Waals surface area (Å²) in [7, 11) is 0. The van der Waals surface area contributed by atoms with E-state index in [1.54, 1.807) is 0 Å². The molecule has 0 N–H and O–H groups in total. The molecule has 0 saturated heterocycles. The minimum Gasteiger partial charge on any atom is -0.342 e. The van der Waals surface area contributed by atoms with Crippen LogP contribution in [-0.2, 0) is 0 Å². The van der Waals surface area contributed by atoms with Crippen LogP contribution < -0.4 is 9.80 Å². The van der Waals surface area contributed by atoms with Crippen LogP contribution in [0.25, 0.3) is 0 Å². The van der Waals surface area contributed by atoms with E-state index in [9.17, 15) is 0 Å². The number of aryl methyl sites for hydroxylation is 1. The third-order valence-electron chi connectivity index (χ3n) is 5.11. The average molecular weight is 379 g/mol. The Morgan fingerprint density at radius 2 is 0.862 bits per heavy atom. The zero-order chi connectivity index (χ0) is 20.1. The molecule has 0 aliphatic heterocycles. The summed E-state index contributed by atoms with van der Waals surface area (Å²) in [6, 6.07) is 38.5. The second-order valence-electron chi connectivity index (χ2n) is 7.10. The van der Waals surface area contributed by atoms with Gasteiger partial charge in [-0.25, -0.2) is 0 Å². The summed E-state index contributed by atoms with van der Waals surface area (Å²) in [5, 5.41) is 0. The highest BCUT2D eigenvalue weighted by molar-refractivity contribution is 5.77. The number of nitrogens with zero attached hydrogens (tertiary/aromatic N) is 2. The van der Waals surface area contributed by atoms with Gasteiger partial charge in [0.15, 0.2) is 0 Å². The molecule has 4 rings (SSSR count). The molecule has 0 heterocycles. The zero-order valence-corrected chi connectivity index (χ0v) is 17.0. The van der Waals surface area contributed by atoms with Crippen molar-refractivity contribution in [3.05, 3.63) is 115 Å². The summed E-state index contributed by atoms with van der Waals surface area (Å²) in [6.07, 6.45) is 0. The Labute approximate surface area is 173 Å². The van der Waals surface area contributed by atoms with Crippen LogP contribution in [0.3, 0.4) is 0 Å². The van der Waals surface area contributed by atoms with Gasteiger partial charge in [-0.1, -0.05) is 54.1 Å². The van der Waals surface area contributed by atoms with E-state index in [0.717, 1.165) is 23.6 Å². The summed E-state index contributed by atoms with van der Waals surface area (Å²) < 4.78 is 0. The molecule has 0 atom stereocenters. The van der Waals surface area contributed by atoms with E-state index in [1.165, 1.54) is 16.9 Å². The molecule has 0 radical (unpaired) electrons. The third kappa shape index (κ3) is 4.17. The van der Waals surface area contributed by atoms with Crippen LogP contribution in [0.4, 0.5) is 28.4 Å². The minimum absolute atomic E-state index is 0.920. The first-order chi connectivity index (χ1) is 14.3. The largest absolute Gasteiger partial charge is 0.342 e. The quantitative estimate of drug-likeness (QED) is 0.340. The molecular weight excluding hydrogens is 352 g/mol. The highest BCUT2D eigenvalue weighted by Crippen LogP contribution is 2.35. The number of benzene rings is 4. The Morgan fingerprint density at radius 1 is 0.483 bits per heavy atom. The second kappa shape index (κ2) is 8.66. The summed E-state index contributed by atoms with van der Waals surface area (Å²) in [5.74, 6) is 0. The van der Waals surface area contributed by atoms with E-state index in [0.29, 0.717) is 0 Å². The molecule has 29 heavy (non-hydrogen) atoms. The Morgan fingerprint density at radius 3 is 1.31 bits per heavy atom. The van der Waals surface area contributed by atoms with Gasteiger partial charge < -0.3 is 9.80 Å². The van der Waals surface area contributed by atoms with Crippen LogP contribution in [0.15, 0.2) is 109 Å². The maximum absolute atomic E-state index is 2.33. The molecule has 4 aromatic carbocycles. The number of hydrogen-bond donors (Lipinski definition) is 0. The lowest BCUT2D eigenvalue weighted by atomic mass is 10.1. The topological polar surface area (TPSA) is 6.48 Å². The smallest absolute Gasteiger partial charge is 0.0463 e. The maximum atomic E-state index is 2.33. The SMILES string of the molecule is CCN(c1ccc(C)cc1)c1ccc(N(c2ccccc2)c2ccccc2)cc1. The molecule has 0 unspecified atom stereocenters. The van der Waals surface area contributed by atoms with Crippen molar-refractivity contribution in [3.63, 3.8) is 0 Å². The van der Waals surface area contributed by atoms with Crippen LogP contribution in [0.1, 0.15) is 12.5 Å². The molecule has 2 heteroatoms. The molecule has 0 amide bonds. The van der Waals surface area contributed by atoms with Gasteiger partial charge in [0.2, 0.25) is 0 Å². The van der Waals surface area contributed by atoms with Crippen molar-refractivity contribution in [2.75, 3.05) is 16.3 Å². The standard InChI is InChI=1S/C27H26N2/c1-3-28(23-16-14-22(2)15-17-23)24-18-20-27(21-19-24)29(25-10-6-4-7-11-25)26-12-8-5-9-13-26/h4-21H,3H2,1-2H3. The lowest BCUT2D eigenvalue weighted by Crippen LogP contribution is -2.16. The molecular formula is C27H26N2. The lowest BCUT2D eigenvalue weighted by Gasteiger charge is -2.27. The Kier molecular flexibility index (Phi) is 5.62. The molecule has 2 nitrogen and oxygen atoms in total. The number of hydrogen-bond acceptors (Lipinski definition) is 2. The third-order valence-corrected chi connectivity index (χ3v) is 5.11. The summed E-state index contributed by atoms with van der Waals surface area (Å²) in [6.45, 7) is 5.23. The number of anilines is 5. The van der Waals surface area contributed by atoms with Gasteiger partial charge >= 0.3 is 0 Å². The van der Waals surface area contributed by atoms with Gasteiger partial charge in [-0.3, -0.25) is 0 Å². The van der Waals surface area contributed by atoms with Crippen LogP contribution in [0.2, 0.25) is 0 Å². The normalized spacial score (nSPS) is 10.6. The van der Waals surface area contributed by atoms with E-state index >= 15 is 0 Å². The second-order valence-corrected chi connectivity index (χ2v) is 7.10. The molecule has 0 spiro atoms. The Bertz CT molecular complexity index is 984. The summed E-state index contributed by atoms with van der Waals surface area (Å²) in [4.78, 5) is 4.62. The van der Waals surface area contributed by atoms with Gasteiger partial charge in [0.05, 0.1) is 0 Å². The molecule has 144 valence electrons. The van der Waals surface area contributed by atoms with Gasteiger partial charge in [0.25, 0.3) is 0 Å². The van der Waals surface area contributed by atoms with Gasteiger partial charge in [0.1, 0.15) is 0 Å². The van der Waals surface area contributed by atoms with Crippen molar-refractivity contribution < 1.29 is 0 Å². The van der Waals surface area contributed by atoms with Crippen molar-refractivity contribution in [1.82, 2.24) is 0 Å². The van der Waals surface area contributed by atoms with Gasteiger partial charge in [-0.2, -0.15) is 0 Å². The Balaban J connectivity index is 1.70. The van der Waals surface area contributed by atoms with Crippen LogP contribution in [0, 0.1) is 6.92 Å². The van der Waals surface area contributed by atoms with E-state index in [-0.39, 0.29) is 0 Å². The monoisotopic (exact) mass is 378 g/mol. The number of para-hydroxylation sites is 2. The number of rotatable bonds is 6. The average Bonchev–Trinajstić information content (AvgIpc) is 2.78. The highest BCUT2D eigenvalue weighted by Gasteiger charge is 2.13. The molecule has 0 bridgehead atoms. The molecule has 0 saturated carbocycles. The van der Waals surface area contributed by atoms with Gasteiger partial charge in [-0.15, -0.1) is 0 Å². The molecule has 4 aromatic rings. The Hall–Kier alpha value is -3.52. The first-order valence-electron chi connectivity index (χ1n) is 10.1. The molecule has 0 aromatic heterocycles. The van der Waals surface area contributed by atoms with Crippen LogP contribution >= 0.6 is 0 Å². The van der Waals surface area contributed by atoms with Crippen LogP contribution in [-0.4, -0.2) is 6.54 Å². The fourth-order valence-corrected chi connectivity index (χ4v) is 3.62. The predicted molar refractivity (Wildman–Crippen MR) is 125 cm³/mol. The van der Waals surface area contributed by atoms with Crippen molar-refractivity contribution in [1.29, 1.82) is 0 Å². The maximum Gasteiger partial charge on any atom is 0.0463 e. The van der Waals surface area contributed by atoms with Gasteiger partial charge in [0, 0.05) is 35.0 Å². The van der Waals surface area contributed by atoms with Crippen molar-refractivity contribution in [2.45, 2.75) is 13.8 Å². The summed E-state index contributed by atoms with van der Waals surface area (Å²) >= 11 is 0. The first kappa shape index (κ1) is 18.8. The molecule has 0 fully saturated rings. The van der Waals surface area contributed by atoms with Crippen molar-refractivity contribution >= 4 is 28.4 Å².